The summed E-state index contributed by atoms with van der Waals surface area (Å²) in [6.45, 7) is 3.45. The van der Waals surface area contributed by atoms with Crippen molar-refractivity contribution in [3.8, 4) is 0 Å². The Kier molecular flexibility index (Phi) is 63.9. The lowest BCUT2D eigenvalue weighted by molar-refractivity contribution is -0.161. The SMILES string of the molecule is CC/C=C\C/C=C\C/C=C\C/C=C\C/C=C\C/C=C\C/C=C\C/C=C\C/C=C\CCCCCCCCCCCCCC(=O)OC(COC(=O)CCCCC/C=C\C/C=C\C/C=C\C/C=C\C/C=C\C/C=C\C/C=C\CC)COP(=O)(O)OCCN. The lowest BCUT2D eigenvalue weighted by atomic mass is 10.0. The van der Waals surface area contributed by atoms with E-state index in [1.54, 1.807) is 0 Å². The molecule has 9 nitrogen and oxygen atoms in total. The number of allylic oxidation sites excluding steroid dienone is 32. The van der Waals surface area contributed by atoms with Gasteiger partial charge in [0, 0.05) is 19.4 Å². The number of rotatable bonds is 59. The minimum atomic E-state index is -4.42. The topological polar surface area (TPSA) is 134 Å². The van der Waals surface area contributed by atoms with Crippen molar-refractivity contribution >= 4 is 19.8 Å². The number of phosphoric ester groups is 1. The van der Waals surface area contributed by atoms with Gasteiger partial charge in [0.1, 0.15) is 6.61 Å². The number of carbonyl (C=O) groups excluding carboxylic acids is 2. The van der Waals surface area contributed by atoms with Crippen molar-refractivity contribution < 1.29 is 37.6 Å². The van der Waals surface area contributed by atoms with E-state index in [-0.39, 0.29) is 32.6 Å². The quantitative estimate of drug-likeness (QED) is 0.0264. The number of phosphoric acid groups is 1. The fourth-order valence-electron chi connectivity index (χ4n) is 8.20. The van der Waals surface area contributed by atoms with Crippen LogP contribution in [0.5, 0.6) is 0 Å². The highest BCUT2D eigenvalue weighted by atomic mass is 31.2. The van der Waals surface area contributed by atoms with Crippen molar-refractivity contribution in [2.75, 3.05) is 26.4 Å². The Morgan fingerprint density at radius 2 is 0.612 bits per heavy atom. The zero-order valence-corrected chi connectivity index (χ0v) is 54.1. The number of ether oxygens (including phenoxy) is 2. The molecular formula is C75H118NO8P. The number of carbonyl (C=O) groups is 2. The molecule has 0 amide bonds. The van der Waals surface area contributed by atoms with Crippen molar-refractivity contribution in [3.63, 3.8) is 0 Å². The lowest BCUT2D eigenvalue weighted by Crippen LogP contribution is -2.29. The van der Waals surface area contributed by atoms with Gasteiger partial charge in [-0.1, -0.05) is 272 Å². The lowest BCUT2D eigenvalue weighted by Gasteiger charge is -2.19. The second-order valence-electron chi connectivity index (χ2n) is 20.9. The summed E-state index contributed by atoms with van der Waals surface area (Å²) in [6, 6.07) is 0. The van der Waals surface area contributed by atoms with Gasteiger partial charge in [0.05, 0.1) is 13.2 Å². The third-order valence-corrected chi connectivity index (χ3v) is 14.0. The van der Waals surface area contributed by atoms with Crippen LogP contribution in [0.3, 0.4) is 0 Å². The van der Waals surface area contributed by atoms with Gasteiger partial charge in [0.2, 0.25) is 0 Å². The van der Waals surface area contributed by atoms with Gasteiger partial charge in [-0.2, -0.15) is 0 Å². The predicted molar refractivity (Wildman–Crippen MR) is 366 cm³/mol. The van der Waals surface area contributed by atoms with Gasteiger partial charge in [0.15, 0.2) is 6.10 Å². The first-order valence-electron chi connectivity index (χ1n) is 32.9. The molecule has 3 N–H and O–H groups in total. The number of esters is 2. The average molecular weight is 1190 g/mol. The summed E-state index contributed by atoms with van der Waals surface area (Å²) in [4.78, 5) is 35.3. The molecule has 0 aliphatic heterocycles. The van der Waals surface area contributed by atoms with Crippen LogP contribution in [0.4, 0.5) is 0 Å². The van der Waals surface area contributed by atoms with E-state index in [1.807, 2.05) is 0 Å². The van der Waals surface area contributed by atoms with Crippen LogP contribution in [-0.2, 0) is 32.7 Å². The molecule has 10 heteroatoms. The molecular weight excluding hydrogens is 1070 g/mol. The van der Waals surface area contributed by atoms with Crippen LogP contribution >= 0.6 is 7.82 Å². The zero-order valence-electron chi connectivity index (χ0n) is 53.3. The van der Waals surface area contributed by atoms with Crippen LogP contribution in [0.2, 0.25) is 0 Å². The normalized spacial score (nSPS) is 14.3. The minimum absolute atomic E-state index is 0.0376. The van der Waals surface area contributed by atoms with E-state index >= 15 is 0 Å². The maximum Gasteiger partial charge on any atom is 0.472 e. The summed E-state index contributed by atoms with van der Waals surface area (Å²) >= 11 is 0. The minimum Gasteiger partial charge on any atom is -0.462 e. The van der Waals surface area contributed by atoms with E-state index in [0.717, 1.165) is 148 Å². The first-order chi connectivity index (χ1) is 41.8. The summed E-state index contributed by atoms with van der Waals surface area (Å²) in [6.07, 6.45) is 104. The number of hydrogen-bond acceptors (Lipinski definition) is 8. The second kappa shape index (κ2) is 68.0. The molecule has 0 spiro atoms. The van der Waals surface area contributed by atoms with E-state index in [9.17, 15) is 19.0 Å². The van der Waals surface area contributed by atoms with Crippen molar-refractivity contribution in [1.29, 1.82) is 0 Å². The molecule has 0 saturated heterocycles. The largest absolute Gasteiger partial charge is 0.472 e. The second-order valence-corrected chi connectivity index (χ2v) is 22.3. The van der Waals surface area contributed by atoms with Crippen LogP contribution < -0.4 is 5.73 Å². The maximum absolute atomic E-state index is 12.8. The van der Waals surface area contributed by atoms with Gasteiger partial charge < -0.3 is 20.1 Å². The molecule has 476 valence electrons. The van der Waals surface area contributed by atoms with Crippen molar-refractivity contribution in [1.82, 2.24) is 0 Å². The first kappa shape index (κ1) is 79.8. The van der Waals surface area contributed by atoms with E-state index in [0.29, 0.717) is 12.8 Å². The van der Waals surface area contributed by atoms with E-state index in [4.69, 9.17) is 24.3 Å². The standard InChI is InChI=1S/C75H118NO8P/c1-3-5-7-9-11-13-15-17-19-21-23-25-27-29-30-31-32-33-34-35-36-37-38-39-40-41-42-44-46-48-50-52-54-56-58-60-62-64-66-68-75(78)84-73(72-83-85(79,80)82-70-69-76)71-81-74(77)67-65-63-61-59-57-55-53-51-49-47-45-43-28-26-24-22-20-18-16-14-12-10-8-6-4-2/h5-8,11-14,17-20,23-26,29-30,32-33,35-36,38-39,41-43,45,49,51,55,57,73H,3-4,9-10,15-16,21-22,27-28,31,34,37,40,44,46-48,50,52-54,56,58-72,76H2,1-2H3,(H,79,80)/b7-5-,8-6-,13-11-,14-12-,19-17-,20-18-,25-23-,26-24-,30-29-,33-32-,36-35-,39-38-,42-41-,45-43-,51-49-,57-55-. The maximum atomic E-state index is 12.8. The van der Waals surface area contributed by atoms with E-state index in [2.05, 4.69) is 208 Å². The van der Waals surface area contributed by atoms with Crippen LogP contribution in [-0.4, -0.2) is 49.3 Å². The molecule has 2 atom stereocenters. The molecule has 0 heterocycles. The molecule has 0 aromatic rings. The molecule has 0 fully saturated rings. The van der Waals surface area contributed by atoms with Gasteiger partial charge >= 0.3 is 19.8 Å². The molecule has 0 rings (SSSR count). The summed E-state index contributed by atoms with van der Waals surface area (Å²) in [5, 5.41) is 0. The van der Waals surface area contributed by atoms with Crippen molar-refractivity contribution in [2.45, 2.75) is 238 Å². The third kappa shape index (κ3) is 67.8. The van der Waals surface area contributed by atoms with Crippen LogP contribution in [0.15, 0.2) is 194 Å². The molecule has 2 unspecified atom stereocenters. The third-order valence-electron chi connectivity index (χ3n) is 13.0. The highest BCUT2D eigenvalue weighted by molar-refractivity contribution is 7.47. The van der Waals surface area contributed by atoms with Gasteiger partial charge in [-0.25, -0.2) is 4.57 Å². The Balaban J connectivity index is 4.04. The zero-order chi connectivity index (χ0) is 61.6. The molecule has 0 aliphatic carbocycles. The van der Waals surface area contributed by atoms with E-state index in [1.165, 1.54) is 44.9 Å². The fourth-order valence-corrected chi connectivity index (χ4v) is 8.96. The molecule has 0 radical (unpaired) electrons. The molecule has 85 heavy (non-hydrogen) atoms. The number of hydrogen-bond donors (Lipinski definition) is 2. The highest BCUT2D eigenvalue weighted by Crippen LogP contribution is 2.43. The average Bonchev–Trinajstić information content (AvgIpc) is 3.53. The van der Waals surface area contributed by atoms with Crippen LogP contribution in [0.1, 0.15) is 232 Å². The Morgan fingerprint density at radius 1 is 0.353 bits per heavy atom. The fraction of sp³-hybridized carbons (Fsp3) is 0.547. The molecule has 0 aliphatic rings. The summed E-state index contributed by atoms with van der Waals surface area (Å²) in [5.41, 5.74) is 5.39. The Hall–Kier alpha value is -5.15. The Labute approximate surface area is 519 Å². The monoisotopic (exact) mass is 1190 g/mol. The summed E-state index contributed by atoms with van der Waals surface area (Å²) in [7, 11) is -4.42. The molecule has 0 aromatic carbocycles. The Morgan fingerprint density at radius 3 is 0.918 bits per heavy atom. The number of nitrogens with two attached hydrogens (primary N) is 1. The first-order valence-corrected chi connectivity index (χ1v) is 34.4. The van der Waals surface area contributed by atoms with Crippen molar-refractivity contribution in [3.05, 3.63) is 194 Å². The highest BCUT2D eigenvalue weighted by Gasteiger charge is 2.26. The summed E-state index contributed by atoms with van der Waals surface area (Å²) in [5.74, 6) is -0.884. The predicted octanol–water partition coefficient (Wildman–Crippen LogP) is 21.7. The smallest absolute Gasteiger partial charge is 0.462 e. The molecule has 0 saturated carbocycles. The van der Waals surface area contributed by atoms with E-state index < -0.39 is 32.5 Å². The van der Waals surface area contributed by atoms with Crippen LogP contribution in [0.25, 0.3) is 0 Å². The van der Waals surface area contributed by atoms with Gasteiger partial charge in [-0.05, 0) is 141 Å². The van der Waals surface area contributed by atoms with Gasteiger partial charge in [0.25, 0.3) is 0 Å². The van der Waals surface area contributed by atoms with Gasteiger partial charge in [-0.3, -0.25) is 18.6 Å². The van der Waals surface area contributed by atoms with Gasteiger partial charge in [-0.15, -0.1) is 0 Å². The van der Waals surface area contributed by atoms with Crippen LogP contribution in [0, 0.1) is 0 Å². The number of unbranched alkanes of at least 4 members (excludes halogenated alkanes) is 14. The van der Waals surface area contributed by atoms with Crippen molar-refractivity contribution in [2.24, 2.45) is 5.73 Å². The Bertz CT molecular complexity index is 2090. The molecule has 0 aromatic heterocycles. The summed E-state index contributed by atoms with van der Waals surface area (Å²) < 4.78 is 33.1. The molecule has 0 bridgehead atoms.